The summed E-state index contributed by atoms with van der Waals surface area (Å²) in [6.45, 7) is 3.70. The molecule has 4 heteroatoms. The second kappa shape index (κ2) is 2.56. The Labute approximate surface area is 60.1 Å². The monoisotopic (exact) mass is 144 g/mol. The van der Waals surface area contributed by atoms with Crippen molar-refractivity contribution in [1.29, 1.82) is 0 Å². The Morgan fingerprint density at radius 1 is 1.60 bits per heavy atom. The van der Waals surface area contributed by atoms with Crippen molar-refractivity contribution in [2.45, 2.75) is 26.1 Å². The van der Waals surface area contributed by atoms with Gasteiger partial charge in [-0.1, -0.05) is 0 Å². The fourth-order valence-electron chi connectivity index (χ4n) is 1.13. The van der Waals surface area contributed by atoms with Gasteiger partial charge in [-0.2, -0.15) is 0 Å². The topological polar surface area (TPSA) is 41.6 Å². The molecule has 58 valence electrons. The molecule has 0 aromatic heterocycles. The van der Waals surface area contributed by atoms with Crippen LogP contribution in [0.15, 0.2) is 0 Å². The molecule has 1 aliphatic heterocycles. The van der Waals surface area contributed by atoms with Crippen LogP contribution >= 0.6 is 0 Å². The fourth-order valence-corrected chi connectivity index (χ4v) is 1.13. The number of nitrogens with zero attached hydrogens (tertiary/aromatic N) is 1. The minimum atomic E-state index is -0.116. The molecule has 0 aromatic rings. The largest absolute Gasteiger partial charge is 0.284 e. The van der Waals surface area contributed by atoms with Crippen molar-refractivity contribution in [1.82, 2.24) is 10.4 Å². The summed E-state index contributed by atoms with van der Waals surface area (Å²) in [6.07, 6.45) is -0.00694. The zero-order valence-electron chi connectivity index (χ0n) is 6.42. The summed E-state index contributed by atoms with van der Waals surface area (Å²) >= 11 is 0. The third-order valence-electron chi connectivity index (χ3n) is 1.63. The molecule has 0 aromatic carbocycles. The van der Waals surface area contributed by atoms with Crippen LogP contribution in [0.3, 0.4) is 0 Å². The molecule has 4 nitrogen and oxygen atoms in total. The molecular formula is C6H12N2O2. The lowest BCUT2D eigenvalue weighted by Crippen LogP contribution is -2.33. The third-order valence-corrected chi connectivity index (χ3v) is 1.63. The van der Waals surface area contributed by atoms with E-state index in [4.69, 9.17) is 4.84 Å². The van der Waals surface area contributed by atoms with Crippen molar-refractivity contribution in [2.75, 3.05) is 7.11 Å². The number of hydrogen-bond donors (Lipinski definition) is 1. The number of rotatable bonds is 1. The summed E-state index contributed by atoms with van der Waals surface area (Å²) in [7, 11) is 1.49. The maximum atomic E-state index is 11.1. The van der Waals surface area contributed by atoms with E-state index in [2.05, 4.69) is 5.32 Å². The van der Waals surface area contributed by atoms with Crippen LogP contribution in [0.4, 0.5) is 0 Å². The summed E-state index contributed by atoms with van der Waals surface area (Å²) in [4.78, 5) is 15.9. The lowest BCUT2D eigenvalue weighted by Gasteiger charge is -2.16. The number of carbonyl (C=O) groups is 1. The molecule has 0 aliphatic carbocycles. The van der Waals surface area contributed by atoms with E-state index in [0.29, 0.717) is 0 Å². The molecule has 10 heavy (non-hydrogen) atoms. The van der Waals surface area contributed by atoms with Gasteiger partial charge in [0, 0.05) is 0 Å². The van der Waals surface area contributed by atoms with Gasteiger partial charge in [-0.05, 0) is 13.8 Å². The zero-order valence-corrected chi connectivity index (χ0v) is 6.42. The molecule has 1 saturated heterocycles. The van der Waals surface area contributed by atoms with Gasteiger partial charge in [0.25, 0.3) is 5.91 Å². The van der Waals surface area contributed by atoms with Crippen LogP contribution < -0.4 is 5.32 Å². The first-order valence-electron chi connectivity index (χ1n) is 3.30. The second-order valence-corrected chi connectivity index (χ2v) is 2.41. The van der Waals surface area contributed by atoms with Crippen molar-refractivity contribution in [3.63, 3.8) is 0 Å². The van der Waals surface area contributed by atoms with Crippen LogP contribution in [0.1, 0.15) is 13.8 Å². The number of nitrogens with one attached hydrogen (secondary N) is 1. The summed E-state index contributed by atoms with van der Waals surface area (Å²) in [5.41, 5.74) is 0. The van der Waals surface area contributed by atoms with Gasteiger partial charge in [0.1, 0.15) is 6.17 Å². The Balaban J connectivity index is 2.64. The quantitative estimate of drug-likeness (QED) is 0.550. The predicted molar refractivity (Wildman–Crippen MR) is 35.9 cm³/mol. The van der Waals surface area contributed by atoms with E-state index in [1.165, 1.54) is 12.2 Å². The van der Waals surface area contributed by atoms with E-state index < -0.39 is 0 Å². The van der Waals surface area contributed by atoms with E-state index in [1.54, 1.807) is 0 Å². The van der Waals surface area contributed by atoms with Gasteiger partial charge >= 0.3 is 0 Å². The third kappa shape index (κ3) is 0.998. The summed E-state index contributed by atoms with van der Waals surface area (Å²) in [6, 6.07) is -0.116. The van der Waals surface area contributed by atoms with Gasteiger partial charge in [0.05, 0.1) is 13.2 Å². The number of carbonyl (C=O) groups excluding carboxylic acids is 1. The van der Waals surface area contributed by atoms with Crippen molar-refractivity contribution in [2.24, 2.45) is 0 Å². The summed E-state index contributed by atoms with van der Waals surface area (Å²) < 4.78 is 0. The lowest BCUT2D eigenvalue weighted by atomic mass is 10.4. The molecule has 0 saturated carbocycles. The maximum absolute atomic E-state index is 11.1. The smallest absolute Gasteiger partial charge is 0.264 e. The van der Waals surface area contributed by atoms with Crippen molar-refractivity contribution >= 4 is 5.91 Å². The highest BCUT2D eigenvalue weighted by atomic mass is 16.7. The lowest BCUT2D eigenvalue weighted by molar-refractivity contribution is -0.176. The van der Waals surface area contributed by atoms with Gasteiger partial charge < -0.3 is 0 Å². The number of hydrogen-bond acceptors (Lipinski definition) is 3. The van der Waals surface area contributed by atoms with Crippen LogP contribution in [0.25, 0.3) is 0 Å². The minimum Gasteiger partial charge on any atom is -0.284 e. The average molecular weight is 144 g/mol. The van der Waals surface area contributed by atoms with Crippen molar-refractivity contribution in [3.8, 4) is 0 Å². The SMILES string of the molecule is CON1C(=O)[C@H](C)N[C@H]1C. The van der Waals surface area contributed by atoms with Crippen LogP contribution in [0, 0.1) is 0 Å². The Kier molecular flexibility index (Phi) is 1.92. The highest BCUT2D eigenvalue weighted by Crippen LogP contribution is 2.08. The number of amides is 1. The van der Waals surface area contributed by atoms with Crippen LogP contribution in [-0.4, -0.2) is 30.3 Å². The van der Waals surface area contributed by atoms with Gasteiger partial charge in [-0.3, -0.25) is 14.9 Å². The Bertz CT molecular complexity index is 149. The molecule has 1 rings (SSSR count). The fraction of sp³-hybridized carbons (Fsp3) is 0.833. The summed E-state index contributed by atoms with van der Waals surface area (Å²) in [5.74, 6) is -0.00463. The maximum Gasteiger partial charge on any atom is 0.264 e. The Hall–Kier alpha value is -0.610. The van der Waals surface area contributed by atoms with E-state index in [1.807, 2.05) is 13.8 Å². The highest BCUT2D eigenvalue weighted by molar-refractivity contribution is 5.82. The first-order chi connectivity index (χ1) is 4.66. The van der Waals surface area contributed by atoms with E-state index in [0.717, 1.165) is 0 Å². The number of hydroxylamine groups is 2. The molecule has 1 amide bonds. The normalized spacial score (nSPS) is 33.5. The first-order valence-corrected chi connectivity index (χ1v) is 3.30. The molecule has 0 bridgehead atoms. The van der Waals surface area contributed by atoms with Gasteiger partial charge in [-0.25, -0.2) is 5.06 Å². The standard InChI is InChI=1S/C6H12N2O2/c1-4-6(9)8(10-3)5(2)7-4/h4-5,7H,1-3H3/t4-,5+/m0/s1. The Morgan fingerprint density at radius 3 is 2.40 bits per heavy atom. The van der Waals surface area contributed by atoms with Crippen LogP contribution in [0.2, 0.25) is 0 Å². The zero-order chi connectivity index (χ0) is 7.72. The average Bonchev–Trinajstić information content (AvgIpc) is 2.09. The molecule has 1 fully saturated rings. The van der Waals surface area contributed by atoms with Gasteiger partial charge in [-0.15, -0.1) is 0 Å². The second-order valence-electron chi connectivity index (χ2n) is 2.41. The molecule has 1 N–H and O–H groups in total. The summed E-state index contributed by atoms with van der Waals surface area (Å²) in [5, 5.41) is 4.36. The molecule has 1 heterocycles. The molecular weight excluding hydrogens is 132 g/mol. The Morgan fingerprint density at radius 2 is 2.20 bits per heavy atom. The molecule has 0 spiro atoms. The van der Waals surface area contributed by atoms with E-state index in [9.17, 15) is 4.79 Å². The van der Waals surface area contributed by atoms with E-state index in [-0.39, 0.29) is 18.1 Å². The van der Waals surface area contributed by atoms with Crippen molar-refractivity contribution < 1.29 is 9.63 Å². The predicted octanol–water partition coefficient (Wildman–Crippen LogP) is -0.286. The van der Waals surface area contributed by atoms with Crippen LogP contribution in [-0.2, 0) is 9.63 Å². The van der Waals surface area contributed by atoms with Crippen LogP contribution in [0.5, 0.6) is 0 Å². The van der Waals surface area contributed by atoms with Gasteiger partial charge in [0.2, 0.25) is 0 Å². The minimum absolute atomic E-state index is 0.00463. The van der Waals surface area contributed by atoms with Crippen molar-refractivity contribution in [3.05, 3.63) is 0 Å². The molecule has 1 aliphatic rings. The molecule has 0 unspecified atom stereocenters. The highest BCUT2D eigenvalue weighted by Gasteiger charge is 2.33. The van der Waals surface area contributed by atoms with E-state index >= 15 is 0 Å². The molecule has 0 radical (unpaired) electrons. The first kappa shape index (κ1) is 7.50. The molecule has 2 atom stereocenters. The van der Waals surface area contributed by atoms with Gasteiger partial charge in [0.15, 0.2) is 0 Å².